The first-order valence-corrected chi connectivity index (χ1v) is 8.10. The lowest BCUT2D eigenvalue weighted by molar-refractivity contribution is 1.14. The van der Waals surface area contributed by atoms with E-state index in [1.54, 1.807) is 6.20 Å². The highest BCUT2D eigenvalue weighted by Crippen LogP contribution is 2.35. The molecule has 7 heteroatoms. The molecule has 0 amide bonds. The van der Waals surface area contributed by atoms with E-state index in [1.807, 2.05) is 37.4 Å². The first-order chi connectivity index (χ1) is 10.2. The molecule has 106 valence electrons. The zero-order valence-corrected chi connectivity index (χ0v) is 14.1. The molecule has 0 saturated carbocycles. The van der Waals surface area contributed by atoms with Gasteiger partial charge in [0.05, 0.1) is 16.4 Å². The summed E-state index contributed by atoms with van der Waals surface area (Å²) in [6.07, 6.45) is 1.61. The average molecular weight is 382 g/mol. The monoisotopic (exact) mass is 380 g/mol. The Morgan fingerprint density at radius 1 is 1.19 bits per heavy atom. The zero-order valence-electron chi connectivity index (χ0n) is 11.0. The maximum atomic E-state index is 5.95. The summed E-state index contributed by atoms with van der Waals surface area (Å²) in [6.45, 7) is 0. The Morgan fingerprint density at radius 3 is 2.57 bits per heavy atom. The number of nitrogens with zero attached hydrogens (tertiary/aromatic N) is 3. The van der Waals surface area contributed by atoms with Crippen LogP contribution < -0.4 is 5.32 Å². The smallest absolute Gasteiger partial charge is 0.191 e. The highest BCUT2D eigenvalue weighted by atomic mass is 79.9. The maximum absolute atomic E-state index is 5.95. The number of hydrogen-bond acceptors (Lipinski definition) is 5. The van der Waals surface area contributed by atoms with Crippen LogP contribution in [0.25, 0.3) is 22.1 Å². The Morgan fingerprint density at radius 2 is 1.95 bits per heavy atom. The Bertz CT molecular complexity index is 776. The van der Waals surface area contributed by atoms with Gasteiger partial charge >= 0.3 is 0 Å². The van der Waals surface area contributed by atoms with Crippen LogP contribution in [0, 0.1) is 0 Å². The molecule has 2 heterocycles. The maximum Gasteiger partial charge on any atom is 0.191 e. The molecule has 0 spiro atoms. The SMILES string of the molecule is CNc1nc(-c2ncc(Cl)s2)nc(-c2ccccc2)c1Br. The van der Waals surface area contributed by atoms with Gasteiger partial charge in [-0.25, -0.2) is 15.0 Å². The molecule has 3 rings (SSSR count). The number of hydrogen-bond donors (Lipinski definition) is 1. The van der Waals surface area contributed by atoms with Crippen molar-refractivity contribution in [2.24, 2.45) is 0 Å². The molecule has 0 atom stereocenters. The third kappa shape index (κ3) is 2.92. The largest absolute Gasteiger partial charge is 0.372 e. The van der Waals surface area contributed by atoms with Crippen LogP contribution in [0.4, 0.5) is 5.82 Å². The van der Waals surface area contributed by atoms with Crippen molar-refractivity contribution in [1.29, 1.82) is 0 Å². The van der Waals surface area contributed by atoms with Crippen molar-refractivity contribution in [3.05, 3.63) is 45.3 Å². The number of benzene rings is 1. The summed E-state index contributed by atoms with van der Waals surface area (Å²) in [5.41, 5.74) is 1.82. The van der Waals surface area contributed by atoms with Gasteiger partial charge in [-0.3, -0.25) is 0 Å². The number of nitrogens with one attached hydrogen (secondary N) is 1. The molecule has 0 unspecified atom stereocenters. The highest BCUT2D eigenvalue weighted by Gasteiger charge is 2.16. The Hall–Kier alpha value is -1.50. The number of thiazole rings is 1. The molecular formula is C14H10BrClN4S. The zero-order chi connectivity index (χ0) is 14.8. The van der Waals surface area contributed by atoms with E-state index < -0.39 is 0 Å². The highest BCUT2D eigenvalue weighted by molar-refractivity contribution is 9.10. The molecule has 2 aromatic heterocycles. The van der Waals surface area contributed by atoms with Gasteiger partial charge in [0.1, 0.15) is 10.2 Å². The Kier molecular flexibility index (Phi) is 4.19. The molecule has 0 fully saturated rings. The molecule has 1 N–H and O–H groups in total. The van der Waals surface area contributed by atoms with Gasteiger partial charge in [-0.05, 0) is 15.9 Å². The van der Waals surface area contributed by atoms with Gasteiger partial charge in [0.2, 0.25) is 0 Å². The van der Waals surface area contributed by atoms with Crippen LogP contribution in [-0.2, 0) is 0 Å². The number of aromatic nitrogens is 3. The van der Waals surface area contributed by atoms with Crippen LogP contribution in [-0.4, -0.2) is 22.0 Å². The van der Waals surface area contributed by atoms with Crippen molar-refractivity contribution in [3.63, 3.8) is 0 Å². The summed E-state index contributed by atoms with van der Waals surface area (Å²) >= 11 is 10.9. The van der Waals surface area contributed by atoms with Crippen molar-refractivity contribution in [1.82, 2.24) is 15.0 Å². The summed E-state index contributed by atoms with van der Waals surface area (Å²) in [7, 11) is 1.82. The molecular weight excluding hydrogens is 372 g/mol. The van der Waals surface area contributed by atoms with Gasteiger partial charge in [0.25, 0.3) is 0 Å². The van der Waals surface area contributed by atoms with Crippen LogP contribution in [0.2, 0.25) is 4.34 Å². The van der Waals surface area contributed by atoms with Gasteiger partial charge in [-0.2, -0.15) is 0 Å². The molecule has 0 aliphatic heterocycles. The fraction of sp³-hybridized carbons (Fsp3) is 0.0714. The molecule has 0 bridgehead atoms. The quantitative estimate of drug-likeness (QED) is 0.713. The molecule has 0 aliphatic rings. The van der Waals surface area contributed by atoms with Crippen molar-refractivity contribution in [3.8, 4) is 22.1 Å². The fourth-order valence-electron chi connectivity index (χ4n) is 1.85. The van der Waals surface area contributed by atoms with Gasteiger partial charge in [0.15, 0.2) is 10.8 Å². The van der Waals surface area contributed by atoms with E-state index in [0.717, 1.165) is 15.7 Å². The van der Waals surface area contributed by atoms with Gasteiger partial charge in [-0.1, -0.05) is 53.3 Å². The lowest BCUT2D eigenvalue weighted by Crippen LogP contribution is -2.00. The number of anilines is 1. The van der Waals surface area contributed by atoms with E-state index in [2.05, 4.69) is 36.2 Å². The second-order valence-electron chi connectivity index (χ2n) is 4.14. The predicted molar refractivity (Wildman–Crippen MR) is 90.8 cm³/mol. The molecule has 1 aromatic carbocycles. The van der Waals surface area contributed by atoms with Crippen molar-refractivity contribution in [2.75, 3.05) is 12.4 Å². The third-order valence-corrected chi connectivity index (χ3v) is 4.67. The van der Waals surface area contributed by atoms with Crippen LogP contribution >= 0.6 is 38.9 Å². The van der Waals surface area contributed by atoms with Crippen molar-refractivity contribution < 1.29 is 0 Å². The van der Waals surface area contributed by atoms with Crippen molar-refractivity contribution in [2.45, 2.75) is 0 Å². The van der Waals surface area contributed by atoms with Gasteiger partial charge in [0, 0.05) is 12.6 Å². The van der Waals surface area contributed by atoms with Gasteiger partial charge < -0.3 is 5.32 Å². The standard InChI is InChI=1S/C14H10BrClN4S/c1-17-12-10(15)11(8-5-3-2-4-6-8)19-13(20-12)14-18-7-9(16)21-14/h2-7H,1H3,(H,17,19,20). The van der Waals surface area contributed by atoms with Crippen LogP contribution in [0.5, 0.6) is 0 Å². The summed E-state index contributed by atoms with van der Waals surface area (Å²) < 4.78 is 1.44. The van der Waals surface area contributed by atoms with Crippen molar-refractivity contribution >= 4 is 44.7 Å². The summed E-state index contributed by atoms with van der Waals surface area (Å²) in [5.74, 6) is 1.27. The summed E-state index contributed by atoms with van der Waals surface area (Å²) in [4.78, 5) is 13.4. The third-order valence-electron chi connectivity index (χ3n) is 2.80. The molecule has 21 heavy (non-hydrogen) atoms. The van der Waals surface area contributed by atoms with E-state index >= 15 is 0 Å². The van der Waals surface area contributed by atoms with E-state index in [9.17, 15) is 0 Å². The minimum Gasteiger partial charge on any atom is -0.372 e. The van der Waals surface area contributed by atoms with Crippen LogP contribution in [0.3, 0.4) is 0 Å². The molecule has 0 saturated heterocycles. The number of halogens is 2. The Labute approximate surface area is 139 Å². The first-order valence-electron chi connectivity index (χ1n) is 6.11. The molecule has 4 nitrogen and oxygen atoms in total. The van der Waals surface area contributed by atoms with E-state index in [1.165, 1.54) is 11.3 Å². The lowest BCUT2D eigenvalue weighted by atomic mass is 10.1. The first kappa shape index (κ1) is 14.4. The molecule has 0 aliphatic carbocycles. The van der Waals surface area contributed by atoms with E-state index in [0.29, 0.717) is 21.0 Å². The number of rotatable bonds is 3. The van der Waals surface area contributed by atoms with E-state index in [4.69, 9.17) is 11.6 Å². The lowest BCUT2D eigenvalue weighted by Gasteiger charge is -2.10. The molecule has 0 radical (unpaired) electrons. The minimum atomic E-state index is 0.554. The topological polar surface area (TPSA) is 50.7 Å². The molecule has 3 aromatic rings. The predicted octanol–water partition coefficient (Wildman–Crippen LogP) is 4.72. The average Bonchev–Trinajstić information content (AvgIpc) is 2.95. The van der Waals surface area contributed by atoms with Crippen LogP contribution in [0.15, 0.2) is 41.0 Å². The normalized spacial score (nSPS) is 10.6. The van der Waals surface area contributed by atoms with E-state index in [-0.39, 0.29) is 0 Å². The minimum absolute atomic E-state index is 0.554. The summed E-state index contributed by atoms with van der Waals surface area (Å²) in [6, 6.07) is 9.93. The second-order valence-corrected chi connectivity index (χ2v) is 6.60. The van der Waals surface area contributed by atoms with Gasteiger partial charge in [-0.15, -0.1) is 0 Å². The second kappa shape index (κ2) is 6.09. The fourth-order valence-corrected chi connectivity index (χ4v) is 3.30. The van der Waals surface area contributed by atoms with Crippen LogP contribution in [0.1, 0.15) is 0 Å². The summed E-state index contributed by atoms with van der Waals surface area (Å²) in [5, 5.41) is 3.76. The Balaban J connectivity index is 2.20.